The van der Waals surface area contributed by atoms with Crippen LogP contribution in [0.25, 0.3) is 0 Å². The van der Waals surface area contributed by atoms with E-state index in [4.69, 9.17) is 0 Å². The van der Waals surface area contributed by atoms with Crippen molar-refractivity contribution < 1.29 is 9.90 Å². The Kier molecular flexibility index (Phi) is 3.72. The van der Waals surface area contributed by atoms with E-state index in [-0.39, 0.29) is 11.7 Å². The summed E-state index contributed by atoms with van der Waals surface area (Å²) in [6.45, 7) is 3.29. The molecule has 0 bridgehead atoms. The lowest BCUT2D eigenvalue weighted by molar-refractivity contribution is 0.0726. The molecule has 92 valence electrons. The summed E-state index contributed by atoms with van der Waals surface area (Å²) in [5, 5.41) is 9.91. The lowest BCUT2D eigenvalue weighted by Crippen LogP contribution is -2.40. The zero-order valence-electron chi connectivity index (χ0n) is 9.82. The first-order valence-electron chi connectivity index (χ1n) is 5.81. The summed E-state index contributed by atoms with van der Waals surface area (Å²) in [4.78, 5) is 14.4. The van der Waals surface area contributed by atoms with Crippen molar-refractivity contribution in [2.24, 2.45) is 0 Å². The molecule has 17 heavy (non-hydrogen) atoms. The highest BCUT2D eigenvalue weighted by Gasteiger charge is 2.24. The van der Waals surface area contributed by atoms with Crippen molar-refractivity contribution in [3.63, 3.8) is 0 Å². The normalized spacial score (nSPS) is 20.4. The fourth-order valence-corrected chi connectivity index (χ4v) is 2.78. The molecule has 1 fully saturated rings. The number of phenolic OH excluding ortho intramolecular Hbond substituents is 1. The van der Waals surface area contributed by atoms with Crippen LogP contribution in [-0.4, -0.2) is 33.8 Å². The number of rotatable bonds is 1. The first kappa shape index (κ1) is 12.4. The first-order chi connectivity index (χ1) is 8.09. The molecule has 1 heterocycles. The zero-order valence-corrected chi connectivity index (χ0v) is 11.4. The number of phenols is 1. The molecule has 0 aliphatic carbocycles. The number of likely N-dealkylation sites (tertiary alicyclic amines) is 1. The van der Waals surface area contributed by atoms with E-state index in [1.54, 1.807) is 30.0 Å². The van der Waals surface area contributed by atoms with Gasteiger partial charge in [-0.1, -0.05) is 28.1 Å². The number of aryl methyl sites for hydroxylation is 1. The zero-order chi connectivity index (χ0) is 12.4. The molecule has 1 atom stereocenters. The predicted octanol–water partition coefficient (Wildman–Crippen LogP) is 2.70. The van der Waals surface area contributed by atoms with Crippen LogP contribution in [0, 0.1) is 6.92 Å². The largest absolute Gasteiger partial charge is 0.507 e. The van der Waals surface area contributed by atoms with Gasteiger partial charge in [0.2, 0.25) is 0 Å². The fourth-order valence-electron chi connectivity index (χ4n) is 2.11. The second-order valence-electron chi connectivity index (χ2n) is 4.46. The number of para-hydroxylation sites is 1. The molecule has 1 saturated heterocycles. The van der Waals surface area contributed by atoms with Crippen LogP contribution in [0.3, 0.4) is 0 Å². The van der Waals surface area contributed by atoms with Crippen LogP contribution in [0.1, 0.15) is 28.8 Å². The van der Waals surface area contributed by atoms with E-state index < -0.39 is 0 Å². The van der Waals surface area contributed by atoms with Crippen LogP contribution in [-0.2, 0) is 0 Å². The molecule has 2 rings (SSSR count). The van der Waals surface area contributed by atoms with Crippen molar-refractivity contribution in [1.29, 1.82) is 0 Å². The third-order valence-electron chi connectivity index (χ3n) is 3.12. The highest BCUT2D eigenvalue weighted by atomic mass is 79.9. The molecule has 1 aliphatic heterocycles. The second kappa shape index (κ2) is 5.08. The van der Waals surface area contributed by atoms with Crippen LogP contribution >= 0.6 is 15.9 Å². The second-order valence-corrected chi connectivity index (χ2v) is 5.76. The van der Waals surface area contributed by atoms with E-state index in [0.29, 0.717) is 16.9 Å². The Labute approximate surface area is 110 Å². The van der Waals surface area contributed by atoms with Gasteiger partial charge in [0.05, 0.1) is 5.56 Å². The summed E-state index contributed by atoms with van der Waals surface area (Å²) in [7, 11) is 0. The number of nitrogens with zero attached hydrogens (tertiary/aromatic N) is 1. The van der Waals surface area contributed by atoms with Crippen LogP contribution < -0.4 is 0 Å². The van der Waals surface area contributed by atoms with Gasteiger partial charge >= 0.3 is 0 Å². The molecule has 1 aromatic rings. The third-order valence-corrected chi connectivity index (χ3v) is 3.87. The molecular weight excluding hydrogens is 282 g/mol. The maximum atomic E-state index is 12.3. The lowest BCUT2D eigenvalue weighted by Gasteiger charge is -2.30. The average molecular weight is 298 g/mol. The summed E-state index contributed by atoms with van der Waals surface area (Å²) in [6.07, 6.45) is 2.11. The topological polar surface area (TPSA) is 40.5 Å². The van der Waals surface area contributed by atoms with Crippen molar-refractivity contribution in [3.05, 3.63) is 29.3 Å². The molecule has 3 nitrogen and oxygen atoms in total. The van der Waals surface area contributed by atoms with Gasteiger partial charge in [-0.2, -0.15) is 0 Å². The molecule has 4 heteroatoms. The smallest absolute Gasteiger partial charge is 0.257 e. The van der Waals surface area contributed by atoms with E-state index >= 15 is 0 Å². The molecule has 1 aromatic carbocycles. The van der Waals surface area contributed by atoms with E-state index in [0.717, 1.165) is 24.9 Å². The van der Waals surface area contributed by atoms with Crippen molar-refractivity contribution >= 4 is 21.8 Å². The first-order valence-corrected chi connectivity index (χ1v) is 6.73. The van der Waals surface area contributed by atoms with Gasteiger partial charge in [0.1, 0.15) is 5.75 Å². The summed E-state index contributed by atoms with van der Waals surface area (Å²) in [5.41, 5.74) is 1.15. The van der Waals surface area contributed by atoms with Gasteiger partial charge in [-0.15, -0.1) is 0 Å². The SMILES string of the molecule is Cc1cccc(C(=O)N2CCCC(Br)C2)c1O. The number of carbonyl (C=O) groups is 1. The lowest BCUT2D eigenvalue weighted by atomic mass is 10.1. The Bertz CT molecular complexity index is 433. The molecule has 1 unspecified atom stereocenters. The highest BCUT2D eigenvalue weighted by molar-refractivity contribution is 9.09. The van der Waals surface area contributed by atoms with E-state index in [2.05, 4.69) is 15.9 Å². The number of hydrogen-bond acceptors (Lipinski definition) is 2. The fraction of sp³-hybridized carbons (Fsp3) is 0.462. The van der Waals surface area contributed by atoms with E-state index in [1.165, 1.54) is 0 Å². The number of hydrogen-bond donors (Lipinski definition) is 1. The number of benzene rings is 1. The van der Waals surface area contributed by atoms with E-state index in [9.17, 15) is 9.90 Å². The number of alkyl halides is 1. The van der Waals surface area contributed by atoms with Gasteiger partial charge in [-0.25, -0.2) is 0 Å². The Morgan fingerprint density at radius 2 is 2.29 bits per heavy atom. The number of amides is 1. The summed E-state index contributed by atoms with van der Waals surface area (Å²) < 4.78 is 0. The third kappa shape index (κ3) is 2.63. The molecule has 1 aliphatic rings. The van der Waals surface area contributed by atoms with Gasteiger partial charge in [0.15, 0.2) is 0 Å². The Hall–Kier alpha value is -1.03. The minimum atomic E-state index is -0.0737. The van der Waals surface area contributed by atoms with Crippen LogP contribution in [0.4, 0.5) is 0 Å². The van der Waals surface area contributed by atoms with Gasteiger partial charge in [0, 0.05) is 17.9 Å². The number of aromatic hydroxyl groups is 1. The Balaban J connectivity index is 2.22. The molecular formula is C13H16BrNO2. The molecule has 1 amide bonds. The van der Waals surface area contributed by atoms with Crippen molar-refractivity contribution in [2.45, 2.75) is 24.6 Å². The molecule has 0 radical (unpaired) electrons. The highest BCUT2D eigenvalue weighted by Crippen LogP contribution is 2.25. The molecule has 0 saturated carbocycles. The van der Waals surface area contributed by atoms with Gasteiger partial charge in [-0.3, -0.25) is 4.79 Å². The maximum absolute atomic E-state index is 12.3. The minimum absolute atomic E-state index is 0.0737. The van der Waals surface area contributed by atoms with Crippen LogP contribution in [0.15, 0.2) is 18.2 Å². The maximum Gasteiger partial charge on any atom is 0.257 e. The van der Waals surface area contributed by atoms with Crippen molar-refractivity contribution in [3.8, 4) is 5.75 Å². The summed E-state index contributed by atoms with van der Waals surface area (Å²) in [6, 6.07) is 5.29. The number of piperidine rings is 1. The van der Waals surface area contributed by atoms with Gasteiger partial charge in [0.25, 0.3) is 5.91 Å². The minimum Gasteiger partial charge on any atom is -0.507 e. The molecule has 1 N–H and O–H groups in total. The Morgan fingerprint density at radius 1 is 1.53 bits per heavy atom. The van der Waals surface area contributed by atoms with E-state index in [1.807, 2.05) is 0 Å². The van der Waals surface area contributed by atoms with Crippen molar-refractivity contribution in [2.75, 3.05) is 13.1 Å². The van der Waals surface area contributed by atoms with Crippen molar-refractivity contribution in [1.82, 2.24) is 4.90 Å². The number of halogens is 1. The van der Waals surface area contributed by atoms with Crippen LogP contribution in [0.2, 0.25) is 0 Å². The number of carbonyl (C=O) groups excluding carboxylic acids is 1. The predicted molar refractivity (Wildman–Crippen MR) is 70.7 cm³/mol. The molecule has 0 aromatic heterocycles. The quantitative estimate of drug-likeness (QED) is 0.810. The molecule has 0 spiro atoms. The summed E-state index contributed by atoms with van der Waals surface area (Å²) >= 11 is 3.55. The van der Waals surface area contributed by atoms with Gasteiger partial charge in [-0.05, 0) is 31.4 Å². The van der Waals surface area contributed by atoms with Crippen LogP contribution in [0.5, 0.6) is 5.75 Å². The Morgan fingerprint density at radius 3 is 3.00 bits per heavy atom. The van der Waals surface area contributed by atoms with Gasteiger partial charge < -0.3 is 10.0 Å². The summed E-state index contributed by atoms with van der Waals surface area (Å²) in [5.74, 6) is 0.0320. The standard InChI is InChI=1S/C13H16BrNO2/c1-9-4-2-6-11(12(9)16)13(17)15-7-3-5-10(14)8-15/h2,4,6,10,16H,3,5,7-8H2,1H3. The monoisotopic (exact) mass is 297 g/mol. The average Bonchev–Trinajstić information content (AvgIpc) is 2.32.